The molecule has 9 heteroatoms. The van der Waals surface area contributed by atoms with Gasteiger partial charge >= 0.3 is 0 Å². The number of phenolic OH excluding ortho intramolecular Hbond substituents is 1. The van der Waals surface area contributed by atoms with Crippen LogP contribution in [0.5, 0.6) is 11.5 Å². The van der Waals surface area contributed by atoms with Gasteiger partial charge in [0.15, 0.2) is 11.5 Å². The van der Waals surface area contributed by atoms with Crippen LogP contribution in [0, 0.1) is 0 Å². The Bertz CT molecular complexity index is 1030. The zero-order valence-electron chi connectivity index (χ0n) is 15.8. The van der Waals surface area contributed by atoms with Gasteiger partial charge in [0.2, 0.25) is 15.9 Å². The highest BCUT2D eigenvalue weighted by Gasteiger charge is 2.29. The minimum absolute atomic E-state index is 0.0266. The number of hydrogen-bond acceptors (Lipinski definition) is 5. The van der Waals surface area contributed by atoms with Gasteiger partial charge in [0.25, 0.3) is 0 Å². The first kappa shape index (κ1) is 21.4. The molecule has 0 aromatic heterocycles. The molecule has 0 saturated carbocycles. The third-order valence-corrected chi connectivity index (χ3v) is 6.99. The maximum atomic E-state index is 12.8. The SMILES string of the molecule is COc1cc(/C=C/C(=O)N2CCN(S(=O)(=O)c3cccc(Br)c3)CC2)ccc1O. The van der Waals surface area contributed by atoms with Crippen molar-refractivity contribution in [2.75, 3.05) is 33.3 Å². The first-order valence-electron chi connectivity index (χ1n) is 8.91. The third kappa shape index (κ3) is 4.98. The Morgan fingerprint density at radius 1 is 1.14 bits per heavy atom. The Hall–Kier alpha value is -2.36. The van der Waals surface area contributed by atoms with Crippen LogP contribution >= 0.6 is 15.9 Å². The lowest BCUT2D eigenvalue weighted by atomic mass is 10.2. The van der Waals surface area contributed by atoms with Crippen LogP contribution in [0.3, 0.4) is 0 Å². The Morgan fingerprint density at radius 2 is 1.86 bits per heavy atom. The standard InChI is InChI=1S/C20H21BrN2O5S/c1-28-19-13-15(5-7-18(19)24)6-8-20(25)22-9-11-23(12-10-22)29(26,27)17-4-2-3-16(21)14-17/h2-8,13-14,24H,9-12H2,1H3/b8-6+. The van der Waals surface area contributed by atoms with Crippen LogP contribution in [-0.2, 0) is 14.8 Å². The number of ether oxygens (including phenoxy) is 1. The number of halogens is 1. The van der Waals surface area contributed by atoms with Crippen LogP contribution in [-0.4, -0.2) is 61.9 Å². The molecule has 1 heterocycles. The van der Waals surface area contributed by atoms with Crippen molar-refractivity contribution in [2.24, 2.45) is 0 Å². The molecule has 1 N–H and O–H groups in total. The number of methoxy groups -OCH3 is 1. The minimum Gasteiger partial charge on any atom is -0.504 e. The average molecular weight is 481 g/mol. The zero-order valence-corrected chi connectivity index (χ0v) is 18.2. The average Bonchev–Trinajstić information content (AvgIpc) is 2.73. The summed E-state index contributed by atoms with van der Waals surface area (Å²) in [5.41, 5.74) is 0.712. The van der Waals surface area contributed by atoms with Gasteiger partial charge in [-0.1, -0.05) is 28.1 Å². The van der Waals surface area contributed by atoms with Crippen LogP contribution in [0.15, 0.2) is 57.9 Å². The van der Waals surface area contributed by atoms with E-state index in [0.29, 0.717) is 28.9 Å². The Morgan fingerprint density at radius 3 is 2.52 bits per heavy atom. The molecule has 1 aliphatic heterocycles. The van der Waals surface area contributed by atoms with Crippen molar-refractivity contribution in [1.29, 1.82) is 0 Å². The van der Waals surface area contributed by atoms with Gasteiger partial charge in [0.05, 0.1) is 12.0 Å². The number of carbonyl (C=O) groups is 1. The second-order valence-corrected chi connectivity index (χ2v) is 9.30. The normalized spacial score (nSPS) is 15.6. The fourth-order valence-corrected chi connectivity index (χ4v) is 5.02. The highest BCUT2D eigenvalue weighted by atomic mass is 79.9. The molecule has 0 unspecified atom stereocenters. The molecule has 2 aromatic rings. The molecule has 29 heavy (non-hydrogen) atoms. The summed E-state index contributed by atoms with van der Waals surface area (Å²) in [6.45, 7) is 1.10. The fourth-order valence-electron chi connectivity index (χ4n) is 3.00. The molecule has 7 nitrogen and oxygen atoms in total. The number of piperazine rings is 1. The monoisotopic (exact) mass is 480 g/mol. The maximum absolute atomic E-state index is 12.8. The second-order valence-electron chi connectivity index (χ2n) is 6.45. The summed E-state index contributed by atoms with van der Waals surface area (Å²) in [6.07, 6.45) is 3.07. The number of phenols is 1. The Kier molecular flexibility index (Phi) is 6.61. The smallest absolute Gasteiger partial charge is 0.246 e. The number of nitrogens with zero attached hydrogens (tertiary/aromatic N) is 2. The quantitative estimate of drug-likeness (QED) is 0.664. The van der Waals surface area contributed by atoms with E-state index in [1.807, 2.05) is 0 Å². The molecular weight excluding hydrogens is 460 g/mol. The highest BCUT2D eigenvalue weighted by molar-refractivity contribution is 9.10. The van der Waals surface area contributed by atoms with E-state index in [0.717, 1.165) is 0 Å². The summed E-state index contributed by atoms with van der Waals surface area (Å²) in [6, 6.07) is 11.4. The van der Waals surface area contributed by atoms with E-state index >= 15 is 0 Å². The number of aromatic hydroxyl groups is 1. The maximum Gasteiger partial charge on any atom is 0.246 e. The summed E-state index contributed by atoms with van der Waals surface area (Å²) in [5, 5.41) is 9.62. The van der Waals surface area contributed by atoms with E-state index in [-0.39, 0.29) is 29.6 Å². The summed E-state index contributed by atoms with van der Waals surface area (Å²) < 4.78 is 32.7. The molecule has 0 radical (unpaired) electrons. The Balaban J connectivity index is 1.62. The van der Waals surface area contributed by atoms with Crippen LogP contribution in [0.25, 0.3) is 6.08 Å². The second kappa shape index (κ2) is 8.98. The van der Waals surface area contributed by atoms with E-state index in [9.17, 15) is 18.3 Å². The van der Waals surface area contributed by atoms with E-state index < -0.39 is 10.0 Å². The fraction of sp³-hybridized carbons (Fsp3) is 0.250. The predicted molar refractivity (Wildman–Crippen MR) is 113 cm³/mol. The molecule has 3 rings (SSSR count). The summed E-state index contributed by atoms with van der Waals surface area (Å²) >= 11 is 3.29. The molecular formula is C20H21BrN2O5S. The van der Waals surface area contributed by atoms with Crippen LogP contribution < -0.4 is 4.74 Å². The van der Waals surface area contributed by atoms with Crippen molar-refractivity contribution in [3.05, 3.63) is 58.6 Å². The lowest BCUT2D eigenvalue weighted by Gasteiger charge is -2.33. The van der Waals surface area contributed by atoms with Gasteiger partial charge in [-0.05, 0) is 42.0 Å². The lowest BCUT2D eigenvalue weighted by molar-refractivity contribution is -0.127. The van der Waals surface area contributed by atoms with Gasteiger partial charge in [-0.25, -0.2) is 8.42 Å². The van der Waals surface area contributed by atoms with Crippen molar-refractivity contribution >= 4 is 37.9 Å². The lowest BCUT2D eigenvalue weighted by Crippen LogP contribution is -2.50. The minimum atomic E-state index is -3.59. The number of sulfonamides is 1. The van der Waals surface area contributed by atoms with Crippen molar-refractivity contribution < 1.29 is 23.1 Å². The molecule has 1 aliphatic rings. The topological polar surface area (TPSA) is 87.2 Å². The molecule has 1 saturated heterocycles. The Labute approximate surface area is 178 Å². The van der Waals surface area contributed by atoms with Gasteiger partial charge in [-0.2, -0.15) is 4.31 Å². The molecule has 0 atom stereocenters. The van der Waals surface area contributed by atoms with Crippen molar-refractivity contribution in [1.82, 2.24) is 9.21 Å². The van der Waals surface area contributed by atoms with E-state index in [2.05, 4.69) is 15.9 Å². The van der Waals surface area contributed by atoms with Crippen LogP contribution in [0.2, 0.25) is 0 Å². The van der Waals surface area contributed by atoms with Gasteiger partial charge in [-0.3, -0.25) is 4.79 Å². The number of carbonyl (C=O) groups excluding carboxylic acids is 1. The molecule has 0 aliphatic carbocycles. The molecule has 154 valence electrons. The summed E-state index contributed by atoms with van der Waals surface area (Å²) in [5.74, 6) is 0.154. The van der Waals surface area contributed by atoms with Gasteiger partial charge in [-0.15, -0.1) is 0 Å². The molecule has 1 amide bonds. The zero-order chi connectivity index (χ0) is 21.0. The van der Waals surface area contributed by atoms with Gasteiger partial charge < -0.3 is 14.7 Å². The number of rotatable bonds is 5. The molecule has 1 fully saturated rings. The third-order valence-electron chi connectivity index (χ3n) is 4.61. The van der Waals surface area contributed by atoms with E-state index in [1.165, 1.54) is 23.6 Å². The molecule has 0 spiro atoms. The van der Waals surface area contributed by atoms with E-state index in [1.54, 1.807) is 47.4 Å². The number of benzene rings is 2. The number of hydrogen-bond donors (Lipinski definition) is 1. The first-order valence-corrected chi connectivity index (χ1v) is 11.1. The molecule has 2 aromatic carbocycles. The van der Waals surface area contributed by atoms with Crippen LogP contribution in [0.4, 0.5) is 0 Å². The summed E-state index contributed by atoms with van der Waals surface area (Å²) in [7, 11) is -2.14. The molecule has 0 bridgehead atoms. The largest absolute Gasteiger partial charge is 0.504 e. The summed E-state index contributed by atoms with van der Waals surface area (Å²) in [4.78, 5) is 14.3. The first-order chi connectivity index (χ1) is 13.8. The highest BCUT2D eigenvalue weighted by Crippen LogP contribution is 2.27. The number of amides is 1. The van der Waals surface area contributed by atoms with Gasteiger partial charge in [0, 0.05) is 36.7 Å². The van der Waals surface area contributed by atoms with Crippen molar-refractivity contribution in [3.8, 4) is 11.5 Å². The van der Waals surface area contributed by atoms with Crippen molar-refractivity contribution in [3.63, 3.8) is 0 Å². The van der Waals surface area contributed by atoms with Gasteiger partial charge in [0.1, 0.15) is 0 Å². The van der Waals surface area contributed by atoms with Crippen molar-refractivity contribution in [2.45, 2.75) is 4.90 Å². The van der Waals surface area contributed by atoms with Crippen LogP contribution in [0.1, 0.15) is 5.56 Å². The predicted octanol–water partition coefficient (Wildman–Crippen LogP) is 2.71. The van der Waals surface area contributed by atoms with E-state index in [4.69, 9.17) is 4.74 Å².